The molecule has 16 aromatic rings. The van der Waals surface area contributed by atoms with Crippen LogP contribution in [0.1, 0.15) is 26.3 Å². The average Bonchev–Trinajstić information content (AvgIpc) is 1.62. The Bertz CT molecular complexity index is 5430. The predicted molar refractivity (Wildman–Crippen MR) is 456 cm³/mol. The van der Waals surface area contributed by atoms with Gasteiger partial charge in [-0.2, -0.15) is 115 Å². The smallest absolute Gasteiger partial charge is 0.145 e. The van der Waals surface area contributed by atoms with Crippen molar-refractivity contribution in [1.82, 2.24) is 24.9 Å². The molecule has 0 spiro atoms. The van der Waals surface area contributed by atoms with E-state index in [-0.39, 0.29) is 85.8 Å². The van der Waals surface area contributed by atoms with Crippen LogP contribution < -0.4 is 39.2 Å². The molecule has 580 valence electrons. The Labute approximate surface area is 733 Å². The van der Waals surface area contributed by atoms with Gasteiger partial charge in [-0.3, -0.25) is 0 Å². The summed E-state index contributed by atoms with van der Waals surface area (Å²) >= 11 is 0. The minimum absolute atomic E-state index is 0. The Kier molecular flexibility index (Phi) is 27.0. The average molecular weight is 2220 g/mol. The van der Waals surface area contributed by atoms with E-state index in [9.17, 15) is 0 Å². The van der Waals surface area contributed by atoms with Gasteiger partial charge in [0.2, 0.25) is 0 Å². The van der Waals surface area contributed by atoms with Crippen molar-refractivity contribution in [3.05, 3.63) is 433 Å². The van der Waals surface area contributed by atoms with E-state index in [0.29, 0.717) is 0 Å². The van der Waals surface area contributed by atoms with E-state index in [4.69, 9.17) is 4.98 Å². The van der Waals surface area contributed by atoms with E-state index in [2.05, 4.69) is 350 Å². The third-order valence-corrected chi connectivity index (χ3v) is 19.6. The monoisotopic (exact) mass is 2220 g/mol. The number of rotatable bonds is 12. The minimum Gasteiger partial charge on any atom is -0.492 e. The van der Waals surface area contributed by atoms with Crippen LogP contribution in [0.4, 0.5) is 91.7 Å². The van der Waals surface area contributed by atoms with Gasteiger partial charge in [-0.15, -0.1) is 55.5 Å². The van der Waals surface area contributed by atoms with Gasteiger partial charge in [-0.25, -0.2) is 24.9 Å². The van der Waals surface area contributed by atoms with Crippen LogP contribution >= 0.6 is 0 Å². The van der Waals surface area contributed by atoms with Crippen molar-refractivity contribution in [3.8, 4) is 44.5 Å². The summed E-state index contributed by atoms with van der Waals surface area (Å²) in [7, 11) is 0. The molecule has 8 heterocycles. The van der Waals surface area contributed by atoms with Gasteiger partial charge < -0.3 is 39.2 Å². The molecule has 20 rings (SSSR count). The number of para-hydroxylation sites is 7. The molecule has 0 bridgehead atoms. The largest absolute Gasteiger partial charge is 0.492 e. The summed E-state index contributed by atoms with van der Waals surface area (Å²) in [6.07, 6.45) is 8.95. The third-order valence-electron chi connectivity index (χ3n) is 19.6. The molecule has 4 aliphatic rings. The first-order valence-corrected chi connectivity index (χ1v) is 37.2. The van der Waals surface area contributed by atoms with Gasteiger partial charge in [0.25, 0.3) is 0 Å². The van der Waals surface area contributed by atoms with Crippen LogP contribution in [0.5, 0.6) is 0 Å². The summed E-state index contributed by atoms with van der Waals surface area (Å²) in [5.41, 5.74) is 22.2. The van der Waals surface area contributed by atoms with Gasteiger partial charge in [-0.1, -0.05) is 220 Å². The molecule has 0 fully saturated rings. The first-order valence-electron chi connectivity index (χ1n) is 37.2. The van der Waals surface area contributed by atoms with Crippen LogP contribution in [-0.4, -0.2) is 24.9 Å². The standard InChI is InChI=1S/C28H25N3.2C24H17N3.C23H16N4.4Ir/c1-28(2,3)22-15-17-23(18-16-22)30-20-31(26-14-9-19-29-27(26)30)25-13-8-7-12-24(25)21-10-5-4-6-11-21;1-3-10-19(11-4-1)21-14-7-8-15-22(21)27-18-26(20-12-5-2-6-13-20)24-23(27)16-9-17-25-24;1-3-10-19(11-4-1)21-14-7-8-15-22(21)27-18-26(20-12-5-2-6-13-20)23-16-9-17-25-24(23)27;1-3-9-18(10-4-1)20-13-7-8-14-21(20)27-17-26(19-11-5-2-6-12-19)22-23(27)25-16-15-24-22;;;;/h4-17,19-20H,1-3H3;2*1-12,14-18H;1-11,13-17H;;;;/q4*-2;;;;. The topological polar surface area (TPSA) is 90.4 Å². The first kappa shape index (κ1) is 82.2. The maximum Gasteiger partial charge on any atom is 0.145 e. The molecular formula is C99H75Ir4N13-8. The number of benzene rings is 12. The first-order chi connectivity index (χ1) is 55.3. The van der Waals surface area contributed by atoms with Crippen LogP contribution in [0.25, 0.3) is 44.5 Å². The number of hydrogen-bond acceptors (Lipinski definition) is 13. The summed E-state index contributed by atoms with van der Waals surface area (Å²) < 4.78 is 0. The van der Waals surface area contributed by atoms with Crippen molar-refractivity contribution in [3.63, 3.8) is 0 Å². The zero-order chi connectivity index (χ0) is 75.6. The molecule has 17 heteroatoms. The van der Waals surface area contributed by atoms with Crippen LogP contribution in [0.2, 0.25) is 0 Å². The molecule has 12 aromatic carbocycles. The van der Waals surface area contributed by atoms with E-state index in [1.54, 1.807) is 12.4 Å². The Morgan fingerprint density at radius 1 is 0.224 bits per heavy atom. The van der Waals surface area contributed by atoms with E-state index in [1.807, 2.05) is 145 Å². The van der Waals surface area contributed by atoms with E-state index < -0.39 is 0 Å². The van der Waals surface area contributed by atoms with Crippen molar-refractivity contribution in [2.45, 2.75) is 26.2 Å². The van der Waals surface area contributed by atoms with Gasteiger partial charge in [0.05, 0.1) is 17.1 Å². The second-order valence-electron chi connectivity index (χ2n) is 27.7. The van der Waals surface area contributed by atoms with Gasteiger partial charge in [0.1, 0.15) is 29.1 Å². The summed E-state index contributed by atoms with van der Waals surface area (Å²) in [5.74, 6) is 4.33. The molecule has 0 amide bonds. The van der Waals surface area contributed by atoms with Crippen molar-refractivity contribution in [1.29, 1.82) is 0 Å². The number of fused-ring (bicyclic) bond motifs is 4. The molecule has 13 nitrogen and oxygen atoms in total. The van der Waals surface area contributed by atoms with Crippen LogP contribution in [-0.2, 0) is 85.8 Å². The molecule has 4 radical (unpaired) electrons. The van der Waals surface area contributed by atoms with Gasteiger partial charge in [0.15, 0.2) is 0 Å². The SMILES string of the molecule is CC(C)(C)c1c[c-]c(N2[CH-]N(c3ccccc3-c3ccccc3)c3cccnc32)cc1.[Ir].[Ir].[Ir].[Ir].[c-]1ccccc1N1[CH-]N(c2ccccc2-c2ccccc2)c2cccnc21.[c-]1ccccc1N1[CH-]N(c2ccccc2-c2ccccc2)c2ncccc21.[c-]1ccccc1N1[CH-]N(c2ccccc2-c2ccccc2)c2nccnc21. The van der Waals surface area contributed by atoms with Crippen LogP contribution in [0.15, 0.2) is 377 Å². The predicted octanol–water partition coefficient (Wildman–Crippen LogP) is 24.5. The summed E-state index contributed by atoms with van der Waals surface area (Å²) in [4.78, 5) is 40.2. The fourth-order valence-electron chi connectivity index (χ4n) is 14.1. The third kappa shape index (κ3) is 17.5. The summed E-state index contributed by atoms with van der Waals surface area (Å²) in [6.45, 7) is 15.0. The maximum atomic E-state index is 4.70. The minimum atomic E-state index is 0. The Hall–Kier alpha value is -11.8. The van der Waals surface area contributed by atoms with Gasteiger partial charge in [0, 0.05) is 156 Å². The van der Waals surface area contributed by atoms with Gasteiger partial charge in [-0.05, 0) is 82.9 Å². The van der Waals surface area contributed by atoms with Crippen molar-refractivity contribution >= 4 is 91.7 Å². The molecular weight excluding hydrogens is 2140 g/mol. The Morgan fingerprint density at radius 2 is 0.491 bits per heavy atom. The number of anilines is 16. The van der Waals surface area contributed by atoms with Crippen molar-refractivity contribution < 1.29 is 80.4 Å². The van der Waals surface area contributed by atoms with E-state index in [0.717, 1.165) is 103 Å². The molecule has 116 heavy (non-hydrogen) atoms. The van der Waals surface area contributed by atoms with E-state index >= 15 is 0 Å². The zero-order valence-electron chi connectivity index (χ0n) is 63.3. The fraction of sp³-hybridized carbons (Fsp3) is 0.0404. The summed E-state index contributed by atoms with van der Waals surface area (Å²) in [5, 5.41) is 0. The molecule has 4 aliphatic heterocycles. The van der Waals surface area contributed by atoms with E-state index in [1.165, 1.54) is 38.9 Å². The number of aromatic nitrogens is 5. The number of pyridine rings is 3. The molecule has 4 aromatic heterocycles. The molecule has 0 atom stereocenters. The van der Waals surface area contributed by atoms with Crippen molar-refractivity contribution in [2.24, 2.45) is 0 Å². The number of nitrogens with zero attached hydrogens (tertiary/aromatic N) is 13. The zero-order valence-corrected chi connectivity index (χ0v) is 72.8. The molecule has 0 saturated heterocycles. The molecule has 0 aliphatic carbocycles. The maximum absolute atomic E-state index is 4.70. The van der Waals surface area contributed by atoms with Gasteiger partial charge >= 0.3 is 0 Å². The molecule has 0 saturated carbocycles. The summed E-state index contributed by atoms with van der Waals surface area (Å²) in [6, 6.07) is 131. The quantitative estimate of drug-likeness (QED) is 0.109. The molecule has 0 unspecified atom stereocenters. The number of hydrogen-bond donors (Lipinski definition) is 0. The van der Waals surface area contributed by atoms with Crippen LogP contribution in [0.3, 0.4) is 0 Å². The Balaban J connectivity index is 0.000000133. The van der Waals surface area contributed by atoms with Crippen LogP contribution in [0, 0.1) is 50.9 Å². The normalized spacial score (nSPS) is 12.6. The second kappa shape index (κ2) is 38.1. The Morgan fingerprint density at radius 3 is 0.845 bits per heavy atom. The fourth-order valence-corrected chi connectivity index (χ4v) is 14.1. The second-order valence-corrected chi connectivity index (χ2v) is 27.7. The molecule has 0 N–H and O–H groups in total. The van der Waals surface area contributed by atoms with Crippen molar-refractivity contribution in [2.75, 3.05) is 39.2 Å².